The summed E-state index contributed by atoms with van der Waals surface area (Å²) in [6, 6.07) is -0.0426. The molecule has 0 spiro atoms. The van der Waals surface area contributed by atoms with Crippen LogP contribution in [-0.2, 0) is 9.47 Å². The van der Waals surface area contributed by atoms with Gasteiger partial charge in [-0.15, -0.1) is 0 Å². The molecule has 0 bridgehead atoms. The molecule has 0 fully saturated rings. The second-order valence-corrected chi connectivity index (χ2v) is 6.83. The van der Waals surface area contributed by atoms with Crippen molar-refractivity contribution in [2.75, 3.05) is 14.2 Å². The van der Waals surface area contributed by atoms with Crippen molar-refractivity contribution in [3.8, 4) is 0 Å². The van der Waals surface area contributed by atoms with Crippen molar-refractivity contribution in [2.24, 2.45) is 15.4 Å². The maximum absolute atomic E-state index is 5.49. The van der Waals surface area contributed by atoms with Crippen LogP contribution in [0.5, 0.6) is 0 Å². The van der Waals surface area contributed by atoms with Crippen LogP contribution in [0.2, 0.25) is 0 Å². The Labute approximate surface area is 130 Å². The van der Waals surface area contributed by atoms with Crippen molar-refractivity contribution < 1.29 is 9.47 Å². The fourth-order valence-corrected chi connectivity index (χ4v) is 2.59. The lowest BCUT2D eigenvalue weighted by molar-refractivity contribution is 0.287. The molecule has 0 unspecified atom stereocenters. The second kappa shape index (κ2) is 8.40. The van der Waals surface area contributed by atoms with Gasteiger partial charge < -0.3 is 9.47 Å². The van der Waals surface area contributed by atoms with Crippen molar-refractivity contribution in [2.45, 2.75) is 78.3 Å². The zero-order chi connectivity index (χ0) is 15.9. The fraction of sp³-hybridized carbons (Fsp3) is 0.882. The van der Waals surface area contributed by atoms with Gasteiger partial charge in [-0.05, 0) is 11.8 Å². The van der Waals surface area contributed by atoms with E-state index in [1.54, 1.807) is 14.2 Å². The summed E-state index contributed by atoms with van der Waals surface area (Å²) in [5.41, 5.74) is -0.0231. The third kappa shape index (κ3) is 5.33. The summed E-state index contributed by atoms with van der Waals surface area (Å²) in [6.07, 6.45) is 7.28. The molecule has 0 saturated heterocycles. The minimum absolute atomic E-state index is 0.0187. The Morgan fingerprint density at radius 2 is 1.52 bits per heavy atom. The van der Waals surface area contributed by atoms with Gasteiger partial charge >= 0.3 is 0 Å². The molecule has 0 saturated carbocycles. The molecule has 1 heterocycles. The van der Waals surface area contributed by atoms with Crippen LogP contribution >= 0.6 is 0 Å². The quantitative estimate of drug-likeness (QED) is 0.688. The molecule has 0 N–H and O–H groups in total. The van der Waals surface area contributed by atoms with E-state index in [1.807, 2.05) is 0 Å². The molecule has 122 valence electrons. The predicted octanol–water partition coefficient (Wildman–Crippen LogP) is 4.23. The van der Waals surface area contributed by atoms with Crippen molar-refractivity contribution in [3.05, 3.63) is 0 Å². The SMILES string of the molecule is CCCCCCC[C@H]1N=C(OC)[C@H](C(C)(C)C)N=C1OC. The average molecular weight is 296 g/mol. The molecule has 0 aromatic carbocycles. The molecule has 4 nitrogen and oxygen atoms in total. The number of unbranched alkanes of at least 4 members (excludes halogenated alkanes) is 4. The number of rotatable bonds is 6. The normalized spacial score (nSPS) is 22.6. The summed E-state index contributed by atoms with van der Waals surface area (Å²) < 4.78 is 11.0. The maximum Gasteiger partial charge on any atom is 0.210 e. The highest BCUT2D eigenvalue weighted by atomic mass is 16.5. The van der Waals surface area contributed by atoms with E-state index in [9.17, 15) is 0 Å². The van der Waals surface area contributed by atoms with Gasteiger partial charge in [-0.25, -0.2) is 9.98 Å². The lowest BCUT2D eigenvalue weighted by atomic mass is 9.86. The topological polar surface area (TPSA) is 43.2 Å². The monoisotopic (exact) mass is 296 g/mol. The van der Waals surface area contributed by atoms with E-state index < -0.39 is 0 Å². The Kier molecular flexibility index (Phi) is 7.20. The molecule has 0 radical (unpaired) electrons. The van der Waals surface area contributed by atoms with Crippen LogP contribution in [0.4, 0.5) is 0 Å². The molecule has 2 atom stereocenters. The van der Waals surface area contributed by atoms with Crippen LogP contribution in [-0.4, -0.2) is 38.1 Å². The molecule has 0 aromatic heterocycles. The zero-order valence-electron chi connectivity index (χ0n) is 14.6. The Morgan fingerprint density at radius 3 is 2.05 bits per heavy atom. The molecule has 0 amide bonds. The highest BCUT2D eigenvalue weighted by Gasteiger charge is 2.36. The molecule has 0 aromatic rings. The first-order valence-electron chi connectivity index (χ1n) is 8.17. The van der Waals surface area contributed by atoms with E-state index in [4.69, 9.17) is 19.5 Å². The molecule has 0 aliphatic carbocycles. The van der Waals surface area contributed by atoms with Crippen LogP contribution in [0.3, 0.4) is 0 Å². The molecular formula is C17H32N2O2. The third-order valence-corrected chi connectivity index (χ3v) is 3.88. The Morgan fingerprint density at radius 1 is 0.905 bits per heavy atom. The van der Waals surface area contributed by atoms with Crippen LogP contribution in [0.25, 0.3) is 0 Å². The first-order valence-corrected chi connectivity index (χ1v) is 8.17. The van der Waals surface area contributed by atoms with Crippen molar-refractivity contribution >= 4 is 11.8 Å². The highest BCUT2D eigenvalue weighted by Crippen LogP contribution is 2.28. The molecule has 1 aliphatic heterocycles. The molecule has 1 rings (SSSR count). The lowest BCUT2D eigenvalue weighted by Gasteiger charge is -2.32. The smallest absolute Gasteiger partial charge is 0.210 e. The van der Waals surface area contributed by atoms with E-state index in [0.29, 0.717) is 0 Å². The van der Waals surface area contributed by atoms with Gasteiger partial charge in [0.2, 0.25) is 11.8 Å². The molecule has 21 heavy (non-hydrogen) atoms. The number of nitrogens with zero attached hydrogens (tertiary/aromatic N) is 2. The lowest BCUT2D eigenvalue weighted by Crippen LogP contribution is -2.41. The number of hydrogen-bond donors (Lipinski definition) is 0. The first-order chi connectivity index (χ1) is 9.93. The summed E-state index contributed by atoms with van der Waals surface area (Å²) in [5, 5.41) is 0. The van der Waals surface area contributed by atoms with E-state index in [0.717, 1.165) is 24.6 Å². The van der Waals surface area contributed by atoms with E-state index in [1.165, 1.54) is 25.7 Å². The van der Waals surface area contributed by atoms with Crippen LogP contribution < -0.4 is 0 Å². The standard InChI is InChI=1S/C17H32N2O2/c1-7-8-9-10-11-12-13-15(20-5)19-14(17(2,3)4)16(18-13)21-6/h13-14H,7-12H2,1-6H3/t13-,14-/m1/s1. The van der Waals surface area contributed by atoms with Crippen molar-refractivity contribution in [3.63, 3.8) is 0 Å². The maximum atomic E-state index is 5.49. The van der Waals surface area contributed by atoms with Crippen LogP contribution in [0.15, 0.2) is 9.98 Å². The summed E-state index contributed by atoms with van der Waals surface area (Å²) in [4.78, 5) is 9.52. The van der Waals surface area contributed by atoms with Gasteiger partial charge in [0, 0.05) is 0 Å². The second-order valence-electron chi connectivity index (χ2n) is 6.83. The van der Waals surface area contributed by atoms with Crippen LogP contribution in [0.1, 0.15) is 66.2 Å². The minimum atomic E-state index is -0.0613. The Hall–Kier alpha value is -1.06. The molecule has 1 aliphatic rings. The number of aliphatic imine (C=N–C) groups is 2. The number of hydrogen-bond acceptors (Lipinski definition) is 4. The fourth-order valence-electron chi connectivity index (χ4n) is 2.59. The van der Waals surface area contributed by atoms with Gasteiger partial charge in [0.1, 0.15) is 12.1 Å². The summed E-state index contributed by atoms with van der Waals surface area (Å²) in [6.45, 7) is 8.68. The number of methoxy groups -OCH3 is 2. The van der Waals surface area contributed by atoms with E-state index in [-0.39, 0.29) is 17.5 Å². The van der Waals surface area contributed by atoms with Gasteiger partial charge in [0.25, 0.3) is 0 Å². The van der Waals surface area contributed by atoms with Gasteiger partial charge in [-0.3, -0.25) is 0 Å². The van der Waals surface area contributed by atoms with E-state index in [2.05, 4.69) is 27.7 Å². The average Bonchev–Trinajstić information content (AvgIpc) is 2.45. The predicted molar refractivity (Wildman–Crippen MR) is 89.3 cm³/mol. The van der Waals surface area contributed by atoms with Gasteiger partial charge in [-0.2, -0.15) is 0 Å². The van der Waals surface area contributed by atoms with Crippen LogP contribution in [0, 0.1) is 5.41 Å². The van der Waals surface area contributed by atoms with Crippen molar-refractivity contribution in [1.29, 1.82) is 0 Å². The summed E-state index contributed by atoms with van der Waals surface area (Å²) >= 11 is 0. The van der Waals surface area contributed by atoms with Crippen molar-refractivity contribution in [1.82, 2.24) is 0 Å². The van der Waals surface area contributed by atoms with Gasteiger partial charge in [0.15, 0.2) is 0 Å². The highest BCUT2D eigenvalue weighted by molar-refractivity contribution is 5.94. The largest absolute Gasteiger partial charge is 0.483 e. The summed E-state index contributed by atoms with van der Waals surface area (Å²) in [7, 11) is 3.37. The first kappa shape index (κ1) is 18.0. The minimum Gasteiger partial charge on any atom is -0.483 e. The Balaban J connectivity index is 2.70. The van der Waals surface area contributed by atoms with Gasteiger partial charge in [0.05, 0.1) is 14.2 Å². The molecular weight excluding hydrogens is 264 g/mol. The zero-order valence-corrected chi connectivity index (χ0v) is 14.6. The number of ether oxygens (including phenoxy) is 2. The summed E-state index contributed by atoms with van der Waals surface area (Å²) in [5.74, 6) is 1.49. The Bertz CT molecular complexity index is 369. The molecule has 4 heteroatoms. The van der Waals surface area contributed by atoms with Gasteiger partial charge in [-0.1, -0.05) is 59.8 Å². The van der Waals surface area contributed by atoms with E-state index >= 15 is 0 Å². The third-order valence-electron chi connectivity index (χ3n) is 3.88.